The summed E-state index contributed by atoms with van der Waals surface area (Å²) >= 11 is 6.57. The van der Waals surface area contributed by atoms with Gasteiger partial charge in [0, 0.05) is 23.2 Å². The molecule has 0 fully saturated rings. The Bertz CT molecular complexity index is 1580. The monoisotopic (exact) mass is 512 g/mol. The summed E-state index contributed by atoms with van der Waals surface area (Å²) in [5, 5.41) is 3.53. The van der Waals surface area contributed by atoms with Crippen molar-refractivity contribution in [2.75, 3.05) is 5.32 Å². The molecular formula is C25H17ClF4N6. The van der Waals surface area contributed by atoms with Crippen molar-refractivity contribution in [2.45, 2.75) is 19.9 Å². The second-order valence-electron chi connectivity index (χ2n) is 8.17. The molecular weight excluding hydrogens is 496 g/mol. The van der Waals surface area contributed by atoms with Gasteiger partial charge in [-0.15, -0.1) is 0 Å². The molecule has 0 aliphatic heterocycles. The van der Waals surface area contributed by atoms with Crippen LogP contribution in [0.25, 0.3) is 33.4 Å². The summed E-state index contributed by atoms with van der Waals surface area (Å²) in [4.78, 5) is 18.6. The van der Waals surface area contributed by atoms with Crippen LogP contribution in [0.1, 0.15) is 24.1 Å². The summed E-state index contributed by atoms with van der Waals surface area (Å²) in [6.07, 6.45) is 2.83. The molecule has 6 nitrogen and oxygen atoms in total. The number of pyridine rings is 1. The summed E-state index contributed by atoms with van der Waals surface area (Å²) in [7, 11) is 0. The number of hydrogen-bond acceptors (Lipinski definition) is 5. The maximum atomic E-state index is 14.3. The number of rotatable bonds is 5. The molecule has 0 spiro atoms. The van der Waals surface area contributed by atoms with Crippen molar-refractivity contribution in [2.24, 2.45) is 0 Å². The maximum absolute atomic E-state index is 14.3. The van der Waals surface area contributed by atoms with Crippen molar-refractivity contribution in [3.8, 4) is 22.3 Å². The Kier molecular flexibility index (Phi) is 6.05. The van der Waals surface area contributed by atoms with Gasteiger partial charge in [0.25, 0.3) is 0 Å². The highest BCUT2D eigenvalue weighted by molar-refractivity contribution is 6.32. The summed E-state index contributed by atoms with van der Waals surface area (Å²) in [6, 6.07) is 6.23. The Morgan fingerprint density at radius 2 is 1.53 bits per heavy atom. The number of benzene rings is 2. The molecule has 0 aliphatic carbocycles. The van der Waals surface area contributed by atoms with E-state index in [1.54, 1.807) is 19.9 Å². The summed E-state index contributed by atoms with van der Waals surface area (Å²) in [6.45, 7) is 3.45. The molecule has 0 saturated carbocycles. The van der Waals surface area contributed by atoms with Crippen LogP contribution in [0.3, 0.4) is 0 Å². The SMILES string of the molecule is Cc1c(Cl)cc(C(C)Nc2ncnc3[nH]cnc23)c(-c2cc(F)cc(F)c2)c1-c1cc(F)nc(F)c1. The van der Waals surface area contributed by atoms with Gasteiger partial charge in [-0.3, -0.25) is 0 Å². The minimum Gasteiger partial charge on any atom is -0.362 e. The zero-order chi connectivity index (χ0) is 25.6. The van der Waals surface area contributed by atoms with E-state index in [4.69, 9.17) is 11.6 Å². The van der Waals surface area contributed by atoms with E-state index in [9.17, 15) is 17.6 Å². The van der Waals surface area contributed by atoms with E-state index < -0.39 is 29.6 Å². The molecule has 36 heavy (non-hydrogen) atoms. The van der Waals surface area contributed by atoms with Gasteiger partial charge in [-0.1, -0.05) is 11.6 Å². The average Bonchev–Trinajstić information content (AvgIpc) is 3.29. The zero-order valence-corrected chi connectivity index (χ0v) is 19.6. The van der Waals surface area contributed by atoms with Gasteiger partial charge in [-0.05, 0) is 65.4 Å². The van der Waals surface area contributed by atoms with Crippen molar-refractivity contribution < 1.29 is 17.6 Å². The number of anilines is 1. The van der Waals surface area contributed by atoms with E-state index in [1.807, 2.05) is 0 Å². The number of hydrogen-bond donors (Lipinski definition) is 2. The number of halogens is 5. The lowest BCUT2D eigenvalue weighted by molar-refractivity contribution is 0.513. The lowest BCUT2D eigenvalue weighted by Crippen LogP contribution is -2.11. The van der Waals surface area contributed by atoms with E-state index in [0.717, 1.165) is 30.3 Å². The number of aromatic nitrogens is 5. The highest BCUT2D eigenvalue weighted by Gasteiger charge is 2.24. The molecule has 11 heteroatoms. The number of fused-ring (bicyclic) bond motifs is 1. The molecule has 1 atom stereocenters. The molecule has 2 aromatic carbocycles. The van der Waals surface area contributed by atoms with Gasteiger partial charge in [0.15, 0.2) is 11.5 Å². The van der Waals surface area contributed by atoms with E-state index >= 15 is 0 Å². The molecule has 3 heterocycles. The molecule has 1 unspecified atom stereocenters. The largest absolute Gasteiger partial charge is 0.362 e. The predicted molar refractivity (Wildman–Crippen MR) is 128 cm³/mol. The molecule has 5 aromatic rings. The predicted octanol–water partition coefficient (Wildman–Crippen LogP) is 6.77. The quantitative estimate of drug-likeness (QED) is 0.200. The first kappa shape index (κ1) is 23.7. The fraction of sp³-hybridized carbons (Fsp3) is 0.120. The summed E-state index contributed by atoms with van der Waals surface area (Å²) < 4.78 is 56.9. The Hall–Kier alpha value is -4.05. The molecule has 182 valence electrons. The molecule has 0 aliphatic rings. The fourth-order valence-corrected chi connectivity index (χ4v) is 4.45. The minimum absolute atomic E-state index is 0.116. The first-order valence-electron chi connectivity index (χ1n) is 10.7. The maximum Gasteiger partial charge on any atom is 0.216 e. The normalized spacial score (nSPS) is 12.2. The second-order valence-corrected chi connectivity index (χ2v) is 8.58. The lowest BCUT2D eigenvalue weighted by atomic mass is 9.85. The molecule has 5 rings (SSSR count). The van der Waals surface area contributed by atoms with Gasteiger partial charge in [0.1, 0.15) is 23.5 Å². The number of imidazole rings is 1. The van der Waals surface area contributed by atoms with Crippen molar-refractivity contribution in [3.05, 3.63) is 88.7 Å². The molecule has 2 N–H and O–H groups in total. The zero-order valence-electron chi connectivity index (χ0n) is 18.9. The second kappa shape index (κ2) is 9.19. The van der Waals surface area contributed by atoms with Crippen LogP contribution in [0.5, 0.6) is 0 Å². The Balaban J connectivity index is 1.77. The smallest absolute Gasteiger partial charge is 0.216 e. The van der Waals surface area contributed by atoms with Crippen LogP contribution in [-0.2, 0) is 0 Å². The third-order valence-electron chi connectivity index (χ3n) is 5.79. The van der Waals surface area contributed by atoms with Crippen LogP contribution in [0, 0.1) is 30.5 Å². The molecule has 0 bridgehead atoms. The minimum atomic E-state index is -1.05. The van der Waals surface area contributed by atoms with Crippen LogP contribution < -0.4 is 5.32 Å². The van der Waals surface area contributed by atoms with Crippen LogP contribution in [0.2, 0.25) is 5.02 Å². The highest BCUT2D eigenvalue weighted by atomic mass is 35.5. The highest BCUT2D eigenvalue weighted by Crippen LogP contribution is 2.44. The van der Waals surface area contributed by atoms with E-state index in [2.05, 4.69) is 30.2 Å². The summed E-state index contributed by atoms with van der Waals surface area (Å²) in [5.74, 6) is -3.30. The number of nitrogens with one attached hydrogen (secondary N) is 2. The number of nitrogens with zero attached hydrogens (tertiary/aromatic N) is 4. The first-order valence-corrected chi connectivity index (χ1v) is 11.1. The number of H-pyrrole nitrogens is 1. The van der Waals surface area contributed by atoms with Gasteiger partial charge in [0.05, 0.1) is 12.4 Å². The third-order valence-corrected chi connectivity index (χ3v) is 6.19. The van der Waals surface area contributed by atoms with Crippen molar-refractivity contribution in [3.63, 3.8) is 0 Å². The molecule has 3 aromatic heterocycles. The average molecular weight is 513 g/mol. The van der Waals surface area contributed by atoms with Gasteiger partial charge in [-0.25, -0.2) is 23.7 Å². The van der Waals surface area contributed by atoms with Crippen LogP contribution in [0.4, 0.5) is 23.4 Å². The van der Waals surface area contributed by atoms with Crippen LogP contribution in [0.15, 0.2) is 49.1 Å². The summed E-state index contributed by atoms with van der Waals surface area (Å²) in [5.41, 5.74) is 2.90. The van der Waals surface area contributed by atoms with Crippen molar-refractivity contribution >= 4 is 28.6 Å². The Morgan fingerprint density at radius 3 is 2.22 bits per heavy atom. The topological polar surface area (TPSA) is 79.4 Å². The molecule has 0 amide bonds. The van der Waals surface area contributed by atoms with Crippen molar-refractivity contribution in [1.29, 1.82) is 0 Å². The van der Waals surface area contributed by atoms with E-state index in [0.29, 0.717) is 44.3 Å². The van der Waals surface area contributed by atoms with Gasteiger partial charge >= 0.3 is 0 Å². The van der Waals surface area contributed by atoms with Gasteiger partial charge in [0.2, 0.25) is 11.9 Å². The third kappa shape index (κ3) is 4.35. The van der Waals surface area contributed by atoms with Crippen LogP contribution in [-0.4, -0.2) is 24.9 Å². The van der Waals surface area contributed by atoms with Crippen LogP contribution >= 0.6 is 11.6 Å². The fourth-order valence-electron chi connectivity index (χ4n) is 4.24. The molecule has 0 saturated heterocycles. The first-order chi connectivity index (χ1) is 17.2. The van der Waals surface area contributed by atoms with Gasteiger partial charge in [-0.2, -0.15) is 13.8 Å². The van der Waals surface area contributed by atoms with E-state index in [-0.39, 0.29) is 11.1 Å². The van der Waals surface area contributed by atoms with Crippen molar-refractivity contribution in [1.82, 2.24) is 24.9 Å². The Labute approximate surface area is 207 Å². The Morgan fingerprint density at radius 1 is 0.861 bits per heavy atom. The van der Waals surface area contributed by atoms with E-state index in [1.165, 1.54) is 12.7 Å². The standard InChI is InChI=1S/C25H17ClF4N6/c1-11-18(26)8-17(12(2)35-25-23-24(32-9-31-23)33-10-34-25)22(13-3-15(27)7-16(28)4-13)21(11)14-5-19(29)36-20(30)6-14/h3-10,12H,1-2H3,(H2,31,32,33,34,35). The number of aromatic amines is 1. The molecule has 0 radical (unpaired) electrons. The lowest BCUT2D eigenvalue weighted by Gasteiger charge is -2.24. The van der Waals surface area contributed by atoms with Gasteiger partial charge < -0.3 is 10.3 Å².